The lowest BCUT2D eigenvalue weighted by molar-refractivity contribution is -0.171. The van der Waals surface area contributed by atoms with Crippen LogP contribution in [0.25, 0.3) is 0 Å². The summed E-state index contributed by atoms with van der Waals surface area (Å²) in [5.41, 5.74) is 0.831. The number of hydrogen-bond donors (Lipinski definition) is 1. The summed E-state index contributed by atoms with van der Waals surface area (Å²) in [6.45, 7) is 0.994. The molecule has 0 unspecified atom stereocenters. The summed E-state index contributed by atoms with van der Waals surface area (Å²) in [6, 6.07) is 3.48. The van der Waals surface area contributed by atoms with Crippen LogP contribution in [0.15, 0.2) is 24.5 Å². The van der Waals surface area contributed by atoms with Crippen molar-refractivity contribution < 1.29 is 19.4 Å². The molecule has 0 bridgehead atoms. The Labute approximate surface area is 146 Å². The first-order valence-corrected chi connectivity index (χ1v) is 8.94. The number of aliphatic hydroxyl groups excluding tert-OH is 1. The van der Waals surface area contributed by atoms with Crippen LogP contribution in [0.3, 0.4) is 0 Å². The second-order valence-corrected chi connectivity index (χ2v) is 7.05. The highest BCUT2D eigenvalue weighted by Gasteiger charge is 2.48. The predicted octanol–water partition coefficient (Wildman–Crippen LogP) is 0.496. The topological polar surface area (TPSA) is 83.0 Å². The molecule has 0 spiro atoms. The summed E-state index contributed by atoms with van der Waals surface area (Å²) >= 11 is 0. The zero-order chi connectivity index (χ0) is 17.4. The highest BCUT2D eigenvalue weighted by Crippen LogP contribution is 2.39. The normalized spacial score (nSPS) is 28.3. The summed E-state index contributed by atoms with van der Waals surface area (Å²) < 4.78 is 5.73. The molecule has 7 nitrogen and oxygen atoms in total. The van der Waals surface area contributed by atoms with Gasteiger partial charge >= 0.3 is 0 Å². The van der Waals surface area contributed by atoms with E-state index in [1.165, 1.54) is 0 Å². The van der Waals surface area contributed by atoms with Crippen molar-refractivity contribution in [3.63, 3.8) is 0 Å². The Bertz CT molecular complexity index is 641. The van der Waals surface area contributed by atoms with Crippen molar-refractivity contribution in [1.82, 2.24) is 14.8 Å². The molecule has 4 rings (SSSR count). The second-order valence-electron chi connectivity index (χ2n) is 7.05. The number of piperidine rings is 1. The number of aliphatic hydroxyl groups is 1. The number of ether oxygens (including phenoxy) is 1. The molecule has 2 amide bonds. The number of pyridine rings is 1. The van der Waals surface area contributed by atoms with Gasteiger partial charge in [-0.15, -0.1) is 0 Å². The molecule has 3 heterocycles. The largest absolute Gasteiger partial charge is 0.393 e. The molecule has 2 saturated heterocycles. The van der Waals surface area contributed by atoms with Crippen LogP contribution in [-0.4, -0.2) is 69.7 Å². The standard InChI is InChI=1S/C18H23N3O4/c22-14-5-8-20(9-6-14)18(24)17-16(12-2-1-7-19-10-12)21(13-3-4-13)15(23)11-25-17/h1-2,7,10,13-14,16-17,22H,3-6,8-9,11H2/t16-,17+/m1/s1. The van der Waals surface area contributed by atoms with Gasteiger partial charge in [0.15, 0.2) is 6.10 Å². The van der Waals surface area contributed by atoms with Crippen LogP contribution in [0.4, 0.5) is 0 Å². The number of likely N-dealkylation sites (tertiary alicyclic amines) is 1. The van der Waals surface area contributed by atoms with Gasteiger partial charge in [-0.1, -0.05) is 6.07 Å². The third kappa shape index (κ3) is 3.26. The van der Waals surface area contributed by atoms with Crippen molar-refractivity contribution in [1.29, 1.82) is 0 Å². The fraction of sp³-hybridized carbons (Fsp3) is 0.611. The average molecular weight is 345 g/mol. The van der Waals surface area contributed by atoms with E-state index in [2.05, 4.69) is 4.98 Å². The molecule has 3 aliphatic rings. The lowest BCUT2D eigenvalue weighted by Crippen LogP contribution is -2.56. The lowest BCUT2D eigenvalue weighted by atomic mass is 9.96. The number of amides is 2. The Balaban J connectivity index is 1.62. The van der Waals surface area contributed by atoms with Crippen LogP contribution in [-0.2, 0) is 14.3 Å². The fourth-order valence-corrected chi connectivity index (χ4v) is 3.77. The molecule has 1 aromatic heterocycles. The van der Waals surface area contributed by atoms with Crippen LogP contribution in [0, 0.1) is 0 Å². The van der Waals surface area contributed by atoms with Crippen LogP contribution in [0.1, 0.15) is 37.3 Å². The molecule has 0 aromatic carbocycles. The van der Waals surface area contributed by atoms with Gasteiger partial charge in [-0.25, -0.2) is 0 Å². The third-order valence-corrected chi connectivity index (χ3v) is 5.25. The van der Waals surface area contributed by atoms with Gasteiger partial charge in [0.1, 0.15) is 6.61 Å². The van der Waals surface area contributed by atoms with E-state index in [9.17, 15) is 14.7 Å². The summed E-state index contributed by atoms with van der Waals surface area (Å²) in [6.07, 6.45) is 5.45. The number of carbonyl (C=O) groups is 2. The maximum Gasteiger partial charge on any atom is 0.254 e. The number of rotatable bonds is 3. The SMILES string of the molecule is O=C([C@H]1OCC(=O)N(C2CC2)[C@@H]1c1cccnc1)N1CCC(O)CC1. The molecule has 2 atom stereocenters. The minimum Gasteiger partial charge on any atom is -0.393 e. The summed E-state index contributed by atoms with van der Waals surface area (Å²) in [5.74, 6) is -0.159. The Morgan fingerprint density at radius 3 is 2.64 bits per heavy atom. The molecule has 3 fully saturated rings. The van der Waals surface area contributed by atoms with E-state index < -0.39 is 12.1 Å². The van der Waals surface area contributed by atoms with Crippen LogP contribution in [0.5, 0.6) is 0 Å². The Kier molecular flexibility index (Phi) is 4.43. The van der Waals surface area contributed by atoms with E-state index in [0.29, 0.717) is 25.9 Å². The quantitative estimate of drug-likeness (QED) is 0.862. The van der Waals surface area contributed by atoms with Crippen molar-refractivity contribution in [2.24, 2.45) is 0 Å². The number of nitrogens with zero attached hydrogens (tertiary/aromatic N) is 3. The molecular formula is C18H23N3O4. The monoisotopic (exact) mass is 345 g/mol. The first-order valence-electron chi connectivity index (χ1n) is 8.94. The van der Waals surface area contributed by atoms with Crippen LogP contribution in [0.2, 0.25) is 0 Å². The van der Waals surface area contributed by atoms with Gasteiger partial charge in [-0.05, 0) is 37.3 Å². The minimum atomic E-state index is -0.710. The van der Waals surface area contributed by atoms with E-state index in [-0.39, 0.29) is 30.6 Å². The molecule has 1 aliphatic carbocycles. The maximum absolute atomic E-state index is 13.1. The number of aromatic nitrogens is 1. The number of carbonyl (C=O) groups excluding carboxylic acids is 2. The van der Waals surface area contributed by atoms with Crippen LogP contribution < -0.4 is 0 Å². The van der Waals surface area contributed by atoms with Crippen LogP contribution >= 0.6 is 0 Å². The van der Waals surface area contributed by atoms with Gasteiger partial charge in [0.25, 0.3) is 5.91 Å². The molecule has 1 aromatic rings. The minimum absolute atomic E-state index is 0.0554. The smallest absolute Gasteiger partial charge is 0.254 e. The molecular weight excluding hydrogens is 322 g/mol. The van der Waals surface area contributed by atoms with E-state index in [1.54, 1.807) is 17.3 Å². The number of morpholine rings is 1. The van der Waals surface area contributed by atoms with Crippen molar-refractivity contribution in [2.75, 3.05) is 19.7 Å². The summed E-state index contributed by atoms with van der Waals surface area (Å²) in [5, 5.41) is 9.68. The Morgan fingerprint density at radius 2 is 2.00 bits per heavy atom. The van der Waals surface area contributed by atoms with Gasteiger partial charge in [-0.2, -0.15) is 0 Å². The van der Waals surface area contributed by atoms with E-state index in [1.807, 2.05) is 17.0 Å². The average Bonchev–Trinajstić information content (AvgIpc) is 3.47. The highest BCUT2D eigenvalue weighted by molar-refractivity contribution is 5.87. The lowest BCUT2D eigenvalue weighted by Gasteiger charge is -2.43. The molecule has 2 aliphatic heterocycles. The molecule has 0 radical (unpaired) electrons. The van der Waals surface area contributed by atoms with Gasteiger partial charge < -0.3 is 19.6 Å². The first-order chi connectivity index (χ1) is 12.1. The first kappa shape index (κ1) is 16.5. The van der Waals surface area contributed by atoms with E-state index in [0.717, 1.165) is 18.4 Å². The molecule has 25 heavy (non-hydrogen) atoms. The van der Waals surface area contributed by atoms with E-state index in [4.69, 9.17) is 4.74 Å². The van der Waals surface area contributed by atoms with Gasteiger partial charge in [0, 0.05) is 31.5 Å². The van der Waals surface area contributed by atoms with Gasteiger partial charge in [0.05, 0.1) is 12.1 Å². The molecule has 134 valence electrons. The Morgan fingerprint density at radius 1 is 1.24 bits per heavy atom. The van der Waals surface area contributed by atoms with Crippen molar-refractivity contribution in [2.45, 2.75) is 50.0 Å². The van der Waals surface area contributed by atoms with Crippen molar-refractivity contribution >= 4 is 11.8 Å². The van der Waals surface area contributed by atoms with Gasteiger partial charge in [0.2, 0.25) is 5.91 Å². The molecule has 1 saturated carbocycles. The maximum atomic E-state index is 13.1. The second kappa shape index (κ2) is 6.72. The van der Waals surface area contributed by atoms with Crippen molar-refractivity contribution in [3.05, 3.63) is 30.1 Å². The molecule has 7 heteroatoms. The number of hydrogen-bond acceptors (Lipinski definition) is 5. The molecule has 1 N–H and O–H groups in total. The zero-order valence-corrected chi connectivity index (χ0v) is 14.1. The fourth-order valence-electron chi connectivity index (χ4n) is 3.77. The summed E-state index contributed by atoms with van der Waals surface area (Å²) in [4.78, 5) is 33.3. The third-order valence-electron chi connectivity index (χ3n) is 5.25. The Hall–Kier alpha value is -1.99. The highest BCUT2D eigenvalue weighted by atomic mass is 16.5. The predicted molar refractivity (Wildman–Crippen MR) is 88.4 cm³/mol. The van der Waals surface area contributed by atoms with Gasteiger partial charge in [-0.3, -0.25) is 14.6 Å². The van der Waals surface area contributed by atoms with E-state index >= 15 is 0 Å². The summed E-state index contributed by atoms with van der Waals surface area (Å²) in [7, 11) is 0. The van der Waals surface area contributed by atoms with Crippen molar-refractivity contribution in [3.8, 4) is 0 Å². The zero-order valence-electron chi connectivity index (χ0n) is 14.1.